The summed E-state index contributed by atoms with van der Waals surface area (Å²) in [5, 5.41) is 9.45. The Morgan fingerprint density at radius 2 is 1.72 bits per heavy atom. The highest BCUT2D eigenvalue weighted by Crippen LogP contribution is 2.33. The Kier molecular flexibility index (Phi) is 6.06. The summed E-state index contributed by atoms with van der Waals surface area (Å²) in [6.07, 6.45) is 1.70. The standard InChI is InChI=1S/C19H27NO5/c1-13(22)15-11-17(25-4)16(24-3)9-14(15)10-18(23)20-7-5-19(2,12-21)6-8-20/h9,11,21H,5-8,10,12H2,1-4H3. The number of rotatable bonds is 6. The lowest BCUT2D eigenvalue weighted by molar-refractivity contribution is -0.133. The van der Waals surface area contributed by atoms with Crippen LogP contribution in [0.2, 0.25) is 0 Å². The fraction of sp³-hybridized carbons (Fsp3) is 0.579. The summed E-state index contributed by atoms with van der Waals surface area (Å²) in [5.74, 6) is 0.840. The van der Waals surface area contributed by atoms with E-state index in [0.717, 1.165) is 12.8 Å². The molecule has 2 rings (SSSR count). The van der Waals surface area contributed by atoms with E-state index in [1.807, 2.05) is 6.92 Å². The van der Waals surface area contributed by atoms with E-state index in [2.05, 4.69) is 0 Å². The smallest absolute Gasteiger partial charge is 0.227 e. The van der Waals surface area contributed by atoms with Gasteiger partial charge >= 0.3 is 0 Å². The van der Waals surface area contributed by atoms with E-state index in [-0.39, 0.29) is 30.1 Å². The summed E-state index contributed by atoms with van der Waals surface area (Å²) in [5.41, 5.74) is 1.01. The van der Waals surface area contributed by atoms with Crippen molar-refractivity contribution in [1.82, 2.24) is 4.90 Å². The fourth-order valence-corrected chi connectivity index (χ4v) is 3.12. The van der Waals surface area contributed by atoms with Gasteiger partial charge in [-0.1, -0.05) is 6.92 Å². The van der Waals surface area contributed by atoms with Crippen molar-refractivity contribution in [2.75, 3.05) is 33.9 Å². The highest BCUT2D eigenvalue weighted by molar-refractivity contribution is 5.97. The molecule has 6 heteroatoms. The zero-order valence-electron chi connectivity index (χ0n) is 15.4. The predicted octanol–water partition coefficient (Wildman–Crippen LogP) is 2.07. The fourth-order valence-electron chi connectivity index (χ4n) is 3.12. The van der Waals surface area contributed by atoms with E-state index in [1.54, 1.807) is 17.0 Å². The molecule has 6 nitrogen and oxygen atoms in total. The number of ether oxygens (including phenoxy) is 2. The number of nitrogens with zero attached hydrogens (tertiary/aromatic N) is 1. The van der Waals surface area contributed by atoms with Crippen molar-refractivity contribution in [3.8, 4) is 11.5 Å². The van der Waals surface area contributed by atoms with Gasteiger partial charge in [0.25, 0.3) is 0 Å². The van der Waals surface area contributed by atoms with Crippen molar-refractivity contribution in [1.29, 1.82) is 0 Å². The van der Waals surface area contributed by atoms with Crippen LogP contribution in [0.5, 0.6) is 11.5 Å². The predicted molar refractivity (Wildman–Crippen MR) is 94.3 cm³/mol. The molecule has 1 N–H and O–H groups in total. The largest absolute Gasteiger partial charge is 0.493 e. The molecule has 1 aliphatic rings. The number of aliphatic hydroxyl groups is 1. The number of Topliss-reactive ketones (excluding diaryl/α,β-unsaturated/α-hetero) is 1. The number of hydrogen-bond donors (Lipinski definition) is 1. The quantitative estimate of drug-likeness (QED) is 0.796. The molecule has 1 heterocycles. The summed E-state index contributed by atoms with van der Waals surface area (Å²) >= 11 is 0. The van der Waals surface area contributed by atoms with Crippen LogP contribution in [0.4, 0.5) is 0 Å². The summed E-state index contributed by atoms with van der Waals surface area (Å²) < 4.78 is 10.5. The Morgan fingerprint density at radius 1 is 1.16 bits per heavy atom. The van der Waals surface area contributed by atoms with Crippen molar-refractivity contribution in [3.05, 3.63) is 23.3 Å². The van der Waals surface area contributed by atoms with Crippen LogP contribution in [-0.4, -0.2) is 55.6 Å². The SMILES string of the molecule is COc1cc(CC(=O)N2CCC(C)(CO)CC2)c(C(C)=O)cc1OC. The molecule has 1 aromatic carbocycles. The molecule has 1 aromatic rings. The molecule has 0 bridgehead atoms. The first-order valence-corrected chi connectivity index (χ1v) is 8.48. The minimum Gasteiger partial charge on any atom is -0.493 e. The number of carbonyl (C=O) groups is 2. The molecule has 1 saturated heterocycles. The maximum atomic E-state index is 12.7. The lowest BCUT2D eigenvalue weighted by Gasteiger charge is -2.38. The Morgan fingerprint density at radius 3 is 2.20 bits per heavy atom. The van der Waals surface area contributed by atoms with Crippen LogP contribution < -0.4 is 9.47 Å². The van der Waals surface area contributed by atoms with Gasteiger partial charge < -0.3 is 19.5 Å². The Hall–Kier alpha value is -2.08. The molecule has 25 heavy (non-hydrogen) atoms. The first-order valence-electron chi connectivity index (χ1n) is 8.48. The Bertz CT molecular complexity index is 647. The number of carbonyl (C=O) groups excluding carboxylic acids is 2. The lowest BCUT2D eigenvalue weighted by atomic mass is 9.81. The monoisotopic (exact) mass is 349 g/mol. The first-order chi connectivity index (χ1) is 11.8. The van der Waals surface area contributed by atoms with Gasteiger partial charge in [0.05, 0.1) is 20.6 Å². The zero-order chi connectivity index (χ0) is 18.6. The summed E-state index contributed by atoms with van der Waals surface area (Å²) in [6.45, 7) is 4.90. The number of methoxy groups -OCH3 is 2. The number of likely N-dealkylation sites (tertiary alicyclic amines) is 1. The number of piperidine rings is 1. The minimum absolute atomic E-state index is 0.0188. The number of amides is 1. The second-order valence-corrected chi connectivity index (χ2v) is 6.95. The van der Waals surface area contributed by atoms with Gasteiger partial charge in [-0.15, -0.1) is 0 Å². The molecular formula is C19H27NO5. The van der Waals surface area contributed by atoms with Gasteiger partial charge in [0.15, 0.2) is 17.3 Å². The van der Waals surface area contributed by atoms with E-state index in [4.69, 9.17) is 9.47 Å². The lowest BCUT2D eigenvalue weighted by Crippen LogP contribution is -2.44. The van der Waals surface area contributed by atoms with E-state index in [1.165, 1.54) is 21.1 Å². The number of hydrogen-bond acceptors (Lipinski definition) is 5. The molecule has 1 amide bonds. The molecule has 0 aliphatic carbocycles. The molecule has 0 aromatic heterocycles. The van der Waals surface area contributed by atoms with E-state index >= 15 is 0 Å². The zero-order valence-corrected chi connectivity index (χ0v) is 15.4. The average molecular weight is 349 g/mol. The molecule has 1 aliphatic heterocycles. The topological polar surface area (TPSA) is 76.1 Å². The number of aliphatic hydroxyl groups excluding tert-OH is 1. The van der Waals surface area contributed by atoms with Gasteiger partial charge in [-0.25, -0.2) is 0 Å². The molecular weight excluding hydrogens is 322 g/mol. The second-order valence-electron chi connectivity index (χ2n) is 6.95. The maximum Gasteiger partial charge on any atom is 0.227 e. The third-order valence-electron chi connectivity index (χ3n) is 5.04. The molecule has 0 spiro atoms. The molecule has 0 atom stereocenters. The molecule has 0 saturated carbocycles. The molecule has 138 valence electrons. The van der Waals surface area contributed by atoms with Crippen LogP contribution in [0.1, 0.15) is 42.6 Å². The van der Waals surface area contributed by atoms with Crippen molar-refractivity contribution in [2.45, 2.75) is 33.1 Å². The van der Waals surface area contributed by atoms with E-state index in [9.17, 15) is 14.7 Å². The maximum absolute atomic E-state index is 12.7. The van der Waals surface area contributed by atoms with E-state index < -0.39 is 0 Å². The highest BCUT2D eigenvalue weighted by atomic mass is 16.5. The van der Waals surface area contributed by atoms with Crippen LogP contribution in [-0.2, 0) is 11.2 Å². The van der Waals surface area contributed by atoms with Crippen molar-refractivity contribution in [3.63, 3.8) is 0 Å². The summed E-state index contributed by atoms with van der Waals surface area (Å²) in [6, 6.07) is 3.33. The van der Waals surface area contributed by atoms with Crippen LogP contribution in [0.3, 0.4) is 0 Å². The van der Waals surface area contributed by atoms with Crippen LogP contribution in [0.25, 0.3) is 0 Å². The Labute approximate surface area is 148 Å². The van der Waals surface area contributed by atoms with Crippen molar-refractivity contribution < 1.29 is 24.2 Å². The van der Waals surface area contributed by atoms with Gasteiger partial charge in [0, 0.05) is 25.3 Å². The molecule has 1 fully saturated rings. The van der Waals surface area contributed by atoms with Crippen LogP contribution >= 0.6 is 0 Å². The molecule has 0 unspecified atom stereocenters. The van der Waals surface area contributed by atoms with Gasteiger partial charge in [0.1, 0.15) is 0 Å². The summed E-state index contributed by atoms with van der Waals surface area (Å²) in [4.78, 5) is 26.4. The Balaban J connectivity index is 2.19. The van der Waals surface area contributed by atoms with Gasteiger partial charge in [0.2, 0.25) is 5.91 Å². The third kappa shape index (κ3) is 4.31. The van der Waals surface area contributed by atoms with Crippen LogP contribution in [0.15, 0.2) is 12.1 Å². The normalized spacial score (nSPS) is 16.4. The van der Waals surface area contributed by atoms with Crippen molar-refractivity contribution >= 4 is 11.7 Å². The van der Waals surface area contributed by atoms with Gasteiger partial charge in [-0.2, -0.15) is 0 Å². The summed E-state index contributed by atoms with van der Waals surface area (Å²) in [7, 11) is 3.04. The number of benzene rings is 1. The highest BCUT2D eigenvalue weighted by Gasteiger charge is 2.31. The molecule has 0 radical (unpaired) electrons. The van der Waals surface area contributed by atoms with Crippen LogP contribution in [0, 0.1) is 5.41 Å². The average Bonchev–Trinajstić information content (AvgIpc) is 2.61. The van der Waals surface area contributed by atoms with Gasteiger partial charge in [-0.05, 0) is 42.9 Å². The minimum atomic E-state index is -0.116. The van der Waals surface area contributed by atoms with E-state index in [0.29, 0.717) is 35.7 Å². The van der Waals surface area contributed by atoms with Crippen molar-refractivity contribution in [2.24, 2.45) is 5.41 Å². The first kappa shape index (κ1) is 19.2. The number of ketones is 1. The second kappa shape index (κ2) is 7.87. The third-order valence-corrected chi connectivity index (χ3v) is 5.04. The van der Waals surface area contributed by atoms with Gasteiger partial charge in [-0.3, -0.25) is 9.59 Å².